The first-order valence-electron chi connectivity index (χ1n) is 18.1. The smallest absolute Gasteiger partial charge is 0.407 e. The number of aromatic amines is 2. The van der Waals surface area contributed by atoms with Crippen molar-refractivity contribution in [3.8, 4) is 11.1 Å². The molecule has 0 bridgehead atoms. The zero-order valence-electron chi connectivity index (χ0n) is 30.2. The third-order valence-corrected chi connectivity index (χ3v) is 9.51. The second kappa shape index (κ2) is 15.6. The summed E-state index contributed by atoms with van der Waals surface area (Å²) in [6, 6.07) is 31.0. The number of imidazole rings is 2. The molecule has 7 rings (SSSR count). The number of H-pyrrole nitrogens is 2. The summed E-state index contributed by atoms with van der Waals surface area (Å²) < 4.78 is 4.59. The Hall–Kier alpha value is -6.23. The second-order valence-corrected chi connectivity index (χ2v) is 13.3. The van der Waals surface area contributed by atoms with Crippen LogP contribution in [0, 0.1) is 0 Å². The van der Waals surface area contributed by atoms with Crippen LogP contribution in [0.4, 0.5) is 4.79 Å². The van der Waals surface area contributed by atoms with E-state index in [-0.39, 0.29) is 18.4 Å². The number of amides is 3. The van der Waals surface area contributed by atoms with Crippen LogP contribution in [0.5, 0.6) is 0 Å². The van der Waals surface area contributed by atoms with Crippen molar-refractivity contribution in [2.75, 3.05) is 26.7 Å². The van der Waals surface area contributed by atoms with Crippen LogP contribution in [0.1, 0.15) is 43.9 Å². The average molecular weight is 710 g/mol. The maximum Gasteiger partial charge on any atom is 0.407 e. The van der Waals surface area contributed by atoms with E-state index in [4.69, 9.17) is 9.97 Å². The predicted octanol–water partition coefficient (Wildman–Crippen LogP) is 7.49. The molecule has 0 radical (unpaired) electrons. The number of fused-ring (bicyclic) bond motifs is 6. The van der Waals surface area contributed by atoms with Gasteiger partial charge in [-0.15, -0.1) is 0 Å². The Balaban J connectivity index is 1.11. The molecule has 0 aliphatic heterocycles. The molecule has 3 amide bonds. The minimum atomic E-state index is -0.642. The van der Waals surface area contributed by atoms with Gasteiger partial charge < -0.3 is 29.8 Å². The van der Waals surface area contributed by atoms with Gasteiger partial charge in [0, 0.05) is 23.9 Å². The van der Waals surface area contributed by atoms with Gasteiger partial charge in [-0.05, 0) is 64.6 Å². The highest BCUT2D eigenvalue weighted by Crippen LogP contribution is 2.32. The highest BCUT2D eigenvalue weighted by molar-refractivity contribution is 6.07. The van der Waals surface area contributed by atoms with Gasteiger partial charge in [-0.3, -0.25) is 9.59 Å². The first kappa shape index (κ1) is 35.2. The summed E-state index contributed by atoms with van der Waals surface area (Å²) in [6.45, 7) is 5.88. The number of carbonyl (C=O) groups excluding carboxylic acids is 3. The van der Waals surface area contributed by atoms with E-state index >= 15 is 0 Å². The van der Waals surface area contributed by atoms with E-state index in [9.17, 15) is 14.4 Å². The van der Waals surface area contributed by atoms with Gasteiger partial charge in [-0.25, -0.2) is 14.8 Å². The molecule has 0 aliphatic carbocycles. The lowest BCUT2D eigenvalue weighted by Gasteiger charge is -2.21. The number of methoxy groups -OCH3 is 1. The Morgan fingerprint density at radius 2 is 1.21 bits per heavy atom. The van der Waals surface area contributed by atoms with Crippen LogP contribution in [0.15, 0.2) is 91.0 Å². The second-order valence-electron chi connectivity index (χ2n) is 13.3. The number of alkyl carbamates (subject to hydrolysis) is 1. The molecule has 11 nitrogen and oxygen atoms in total. The summed E-state index contributed by atoms with van der Waals surface area (Å²) in [6.07, 6.45) is 1.37. The quantitative estimate of drug-likeness (QED) is 0.114. The lowest BCUT2D eigenvalue weighted by molar-refractivity contribution is -0.131. The molecular weight excluding hydrogens is 667 g/mol. The number of aromatic nitrogens is 4. The van der Waals surface area contributed by atoms with Crippen molar-refractivity contribution >= 4 is 61.5 Å². The first-order chi connectivity index (χ1) is 25.8. The third kappa shape index (κ3) is 7.69. The van der Waals surface area contributed by atoms with E-state index < -0.39 is 6.09 Å². The molecule has 0 atom stereocenters. The number of ether oxygens (including phenoxy) is 1. The normalized spacial score (nSPS) is 11.4. The Morgan fingerprint density at radius 3 is 1.72 bits per heavy atom. The van der Waals surface area contributed by atoms with Crippen LogP contribution < -0.4 is 5.32 Å². The monoisotopic (exact) mass is 709 g/mol. The van der Waals surface area contributed by atoms with Crippen LogP contribution in [-0.4, -0.2) is 74.4 Å². The molecular formula is C42H43N7O4. The molecule has 2 aromatic heterocycles. The SMILES string of the molecule is CCCN(Cc1nc2c(ccc3cc(-c4ccc5c(ccc6[nH]c(CN(CCC)C(=O)Cc7ccccc7)nc65)c4)ccc32)[nH]1)C(=O)CNC(=O)OC. The van der Waals surface area contributed by atoms with Crippen molar-refractivity contribution in [3.63, 3.8) is 0 Å². The zero-order chi connectivity index (χ0) is 36.9. The molecule has 0 spiro atoms. The third-order valence-electron chi connectivity index (χ3n) is 9.51. The number of rotatable bonds is 13. The Morgan fingerprint density at radius 1 is 0.679 bits per heavy atom. The van der Waals surface area contributed by atoms with E-state index in [1.54, 1.807) is 4.90 Å². The van der Waals surface area contributed by atoms with E-state index in [2.05, 4.69) is 81.5 Å². The largest absolute Gasteiger partial charge is 0.453 e. The molecule has 53 heavy (non-hydrogen) atoms. The zero-order valence-corrected chi connectivity index (χ0v) is 30.2. The molecule has 0 unspecified atom stereocenters. The van der Waals surface area contributed by atoms with Crippen LogP contribution in [-0.2, 0) is 33.8 Å². The van der Waals surface area contributed by atoms with Crippen molar-refractivity contribution in [1.82, 2.24) is 35.1 Å². The lowest BCUT2D eigenvalue weighted by Crippen LogP contribution is -2.40. The number of nitrogens with one attached hydrogen (secondary N) is 3. The van der Waals surface area contributed by atoms with E-state index in [1.807, 2.05) is 48.2 Å². The fourth-order valence-electron chi connectivity index (χ4n) is 6.91. The number of benzene rings is 5. The molecule has 0 aliphatic rings. The van der Waals surface area contributed by atoms with Gasteiger partial charge in [-0.1, -0.05) is 80.6 Å². The molecule has 0 fully saturated rings. The molecule has 11 heteroatoms. The highest BCUT2D eigenvalue weighted by atomic mass is 16.5. The number of nitrogens with zero attached hydrogens (tertiary/aromatic N) is 4. The van der Waals surface area contributed by atoms with Crippen LogP contribution in [0.2, 0.25) is 0 Å². The predicted molar refractivity (Wildman–Crippen MR) is 208 cm³/mol. The maximum absolute atomic E-state index is 13.2. The highest BCUT2D eigenvalue weighted by Gasteiger charge is 2.19. The Labute approximate surface area is 307 Å². The standard InChI is InChI=1S/C42H43N7O4/c1-4-19-48(38(50)21-27-9-7-6-8-10-27)25-36-44-34-17-13-30-22-28(11-15-32(30)40(34)46-36)29-12-16-33-31(23-29)14-18-35-41(33)47-37(45-35)26-49(20-5-2)39(51)24-43-42(52)53-3/h6-18,22-23H,4-5,19-21,24-26H2,1-3H3,(H,43,52)(H,44,46)(H,45,47). The van der Waals surface area contributed by atoms with Crippen molar-refractivity contribution in [2.45, 2.75) is 46.2 Å². The van der Waals surface area contributed by atoms with E-state index in [0.29, 0.717) is 38.4 Å². The summed E-state index contributed by atoms with van der Waals surface area (Å²) in [5.41, 5.74) is 6.76. The Kier molecular flexibility index (Phi) is 10.3. The minimum Gasteiger partial charge on any atom is -0.453 e. The van der Waals surface area contributed by atoms with Crippen molar-refractivity contribution in [3.05, 3.63) is 108 Å². The molecule has 7 aromatic rings. The summed E-state index contributed by atoms with van der Waals surface area (Å²) in [5, 5.41) is 6.67. The van der Waals surface area contributed by atoms with Crippen molar-refractivity contribution in [1.29, 1.82) is 0 Å². The molecule has 0 saturated carbocycles. The van der Waals surface area contributed by atoms with Crippen molar-refractivity contribution < 1.29 is 19.1 Å². The van der Waals surface area contributed by atoms with Crippen LogP contribution in [0.3, 0.4) is 0 Å². The molecule has 0 saturated heterocycles. The molecule has 3 N–H and O–H groups in total. The fraction of sp³-hybridized carbons (Fsp3) is 0.262. The topological polar surface area (TPSA) is 136 Å². The summed E-state index contributed by atoms with van der Waals surface area (Å²) in [4.78, 5) is 57.8. The van der Waals surface area contributed by atoms with Gasteiger partial charge in [-0.2, -0.15) is 0 Å². The summed E-state index contributed by atoms with van der Waals surface area (Å²) in [5.74, 6) is 1.33. The molecule has 2 heterocycles. The van der Waals surface area contributed by atoms with E-state index in [1.165, 1.54) is 7.11 Å². The van der Waals surface area contributed by atoms with Gasteiger partial charge in [0.05, 0.1) is 48.7 Å². The van der Waals surface area contributed by atoms with E-state index in [0.717, 1.165) is 79.0 Å². The number of carbonyl (C=O) groups is 3. The lowest BCUT2D eigenvalue weighted by atomic mass is 9.98. The van der Waals surface area contributed by atoms with Gasteiger partial charge >= 0.3 is 6.09 Å². The van der Waals surface area contributed by atoms with Crippen LogP contribution >= 0.6 is 0 Å². The number of hydrogen-bond donors (Lipinski definition) is 3. The molecule has 270 valence electrons. The first-order valence-corrected chi connectivity index (χ1v) is 18.1. The van der Waals surface area contributed by atoms with Gasteiger partial charge in [0.15, 0.2) is 0 Å². The fourth-order valence-corrected chi connectivity index (χ4v) is 6.91. The minimum absolute atomic E-state index is 0.0915. The average Bonchev–Trinajstić information content (AvgIpc) is 3.80. The maximum atomic E-state index is 13.2. The van der Waals surface area contributed by atoms with Gasteiger partial charge in [0.2, 0.25) is 11.8 Å². The van der Waals surface area contributed by atoms with Gasteiger partial charge in [0.1, 0.15) is 18.2 Å². The van der Waals surface area contributed by atoms with Gasteiger partial charge in [0.25, 0.3) is 0 Å². The Bertz CT molecular complexity index is 2440. The summed E-state index contributed by atoms with van der Waals surface area (Å²) in [7, 11) is 1.27. The molecule has 5 aromatic carbocycles. The number of hydrogen-bond acceptors (Lipinski definition) is 6. The van der Waals surface area contributed by atoms with Crippen LogP contribution in [0.25, 0.3) is 54.7 Å². The van der Waals surface area contributed by atoms with Crippen molar-refractivity contribution in [2.24, 2.45) is 0 Å². The summed E-state index contributed by atoms with van der Waals surface area (Å²) >= 11 is 0.